The Kier molecular flexibility index (Phi) is 2.24. The minimum absolute atomic E-state index is 0.305. The highest BCUT2D eigenvalue weighted by Crippen LogP contribution is 2.15. The number of halogens is 1. The quantitative estimate of drug-likeness (QED) is 0.813. The van der Waals surface area contributed by atoms with Crippen LogP contribution in [0.4, 0.5) is 5.82 Å². The van der Waals surface area contributed by atoms with Gasteiger partial charge in [0.1, 0.15) is 0 Å². The van der Waals surface area contributed by atoms with Crippen LogP contribution in [-0.2, 0) is 0 Å². The second-order valence-electron chi connectivity index (χ2n) is 2.57. The van der Waals surface area contributed by atoms with Gasteiger partial charge in [-0.05, 0) is 24.3 Å². The molecule has 2 aromatic rings. The second-order valence-corrected chi connectivity index (χ2v) is 3.00. The highest BCUT2D eigenvalue weighted by atomic mass is 35.5. The lowest BCUT2D eigenvalue weighted by Crippen LogP contribution is -2.09. The number of nitrogens with zero attached hydrogens (tertiary/aromatic N) is 3. The SMILES string of the molecule is Nc1cnn(Oc2ccc(Cl)cc2)n1. The summed E-state index contributed by atoms with van der Waals surface area (Å²) in [5.41, 5.74) is 5.36. The van der Waals surface area contributed by atoms with Crippen molar-refractivity contribution in [3.63, 3.8) is 0 Å². The Bertz CT molecular complexity index is 425. The Labute approximate surface area is 85.0 Å². The summed E-state index contributed by atoms with van der Waals surface area (Å²) in [6.07, 6.45) is 1.40. The van der Waals surface area contributed by atoms with Gasteiger partial charge in [0.05, 0.1) is 6.20 Å². The molecular weight excluding hydrogens is 204 g/mol. The molecular formula is C8H7ClN4O. The van der Waals surface area contributed by atoms with Crippen LogP contribution in [-0.4, -0.2) is 15.2 Å². The van der Waals surface area contributed by atoms with Crippen molar-refractivity contribution in [3.05, 3.63) is 35.5 Å². The van der Waals surface area contributed by atoms with Gasteiger partial charge >= 0.3 is 0 Å². The van der Waals surface area contributed by atoms with E-state index in [0.29, 0.717) is 16.6 Å². The standard InChI is InChI=1S/C8H7ClN4O/c9-6-1-3-7(4-2-6)14-13-11-5-8(10)12-13/h1-5H,(H2,10,12). The molecule has 14 heavy (non-hydrogen) atoms. The Balaban J connectivity index is 2.15. The van der Waals surface area contributed by atoms with Crippen LogP contribution in [0.3, 0.4) is 0 Å². The fourth-order valence-electron chi connectivity index (χ4n) is 0.893. The van der Waals surface area contributed by atoms with Crippen molar-refractivity contribution >= 4 is 17.4 Å². The fraction of sp³-hybridized carbons (Fsp3) is 0. The predicted octanol–water partition coefficient (Wildman–Crippen LogP) is 1.36. The van der Waals surface area contributed by atoms with E-state index in [9.17, 15) is 0 Å². The van der Waals surface area contributed by atoms with Gasteiger partial charge in [-0.1, -0.05) is 16.7 Å². The average Bonchev–Trinajstić information content (AvgIpc) is 2.56. The van der Waals surface area contributed by atoms with Gasteiger partial charge in [0.15, 0.2) is 11.6 Å². The van der Waals surface area contributed by atoms with Crippen LogP contribution in [0.15, 0.2) is 30.5 Å². The monoisotopic (exact) mass is 210 g/mol. The van der Waals surface area contributed by atoms with Crippen LogP contribution in [0.5, 0.6) is 5.75 Å². The summed E-state index contributed by atoms with van der Waals surface area (Å²) in [6, 6.07) is 6.84. The van der Waals surface area contributed by atoms with E-state index >= 15 is 0 Å². The fourth-order valence-corrected chi connectivity index (χ4v) is 1.02. The van der Waals surface area contributed by atoms with E-state index in [1.807, 2.05) is 0 Å². The van der Waals surface area contributed by atoms with Gasteiger partial charge in [0.25, 0.3) is 0 Å². The van der Waals surface area contributed by atoms with Gasteiger partial charge < -0.3 is 10.6 Å². The van der Waals surface area contributed by atoms with Crippen LogP contribution in [0.25, 0.3) is 0 Å². The smallest absolute Gasteiger partial charge is 0.169 e. The molecule has 0 atom stereocenters. The van der Waals surface area contributed by atoms with E-state index in [1.54, 1.807) is 24.3 Å². The molecule has 1 aromatic heterocycles. The lowest BCUT2D eigenvalue weighted by Gasteiger charge is -2.01. The van der Waals surface area contributed by atoms with Gasteiger partial charge in [-0.3, -0.25) is 0 Å². The lowest BCUT2D eigenvalue weighted by atomic mass is 10.3. The maximum atomic E-state index is 5.71. The van der Waals surface area contributed by atoms with Crippen molar-refractivity contribution in [3.8, 4) is 5.75 Å². The van der Waals surface area contributed by atoms with Gasteiger partial charge in [-0.25, -0.2) is 0 Å². The first-order valence-corrected chi connectivity index (χ1v) is 4.23. The normalized spacial score (nSPS) is 10.1. The van der Waals surface area contributed by atoms with Crippen molar-refractivity contribution in [2.24, 2.45) is 0 Å². The summed E-state index contributed by atoms with van der Waals surface area (Å²) in [6.45, 7) is 0. The molecule has 72 valence electrons. The molecule has 0 aliphatic heterocycles. The Morgan fingerprint density at radius 2 is 2.00 bits per heavy atom. The molecule has 2 rings (SSSR count). The van der Waals surface area contributed by atoms with Gasteiger partial charge in [-0.2, -0.15) is 0 Å². The number of benzene rings is 1. The average molecular weight is 211 g/mol. The molecule has 0 unspecified atom stereocenters. The van der Waals surface area contributed by atoms with E-state index in [1.165, 1.54) is 6.20 Å². The Hall–Kier alpha value is -1.75. The number of hydrogen-bond donors (Lipinski definition) is 1. The van der Waals surface area contributed by atoms with Crippen LogP contribution in [0.1, 0.15) is 0 Å². The summed E-state index contributed by atoms with van der Waals surface area (Å²) in [7, 11) is 0. The zero-order chi connectivity index (χ0) is 9.97. The van der Waals surface area contributed by atoms with Crippen LogP contribution < -0.4 is 10.6 Å². The van der Waals surface area contributed by atoms with Crippen molar-refractivity contribution < 1.29 is 4.84 Å². The lowest BCUT2D eigenvalue weighted by molar-refractivity contribution is 0.141. The molecule has 6 heteroatoms. The molecule has 2 N–H and O–H groups in total. The molecule has 0 aliphatic carbocycles. The summed E-state index contributed by atoms with van der Waals surface area (Å²) >= 11 is 5.71. The predicted molar refractivity (Wildman–Crippen MR) is 51.9 cm³/mol. The molecule has 0 amide bonds. The zero-order valence-electron chi connectivity index (χ0n) is 7.09. The first kappa shape index (κ1) is 8.83. The van der Waals surface area contributed by atoms with Crippen LogP contribution in [0.2, 0.25) is 5.02 Å². The molecule has 0 radical (unpaired) electrons. The summed E-state index contributed by atoms with van der Waals surface area (Å²) < 4.78 is 0. The van der Waals surface area contributed by atoms with Crippen LogP contribution >= 0.6 is 11.6 Å². The third-order valence-corrected chi connectivity index (χ3v) is 1.74. The van der Waals surface area contributed by atoms with Gasteiger partial charge in [0.2, 0.25) is 0 Å². The molecule has 1 heterocycles. The third-order valence-electron chi connectivity index (χ3n) is 1.49. The Morgan fingerprint density at radius 3 is 2.57 bits per heavy atom. The largest absolute Gasteiger partial charge is 0.381 e. The van der Waals surface area contributed by atoms with E-state index in [-0.39, 0.29) is 0 Å². The number of anilines is 1. The van der Waals surface area contributed by atoms with E-state index in [4.69, 9.17) is 22.2 Å². The van der Waals surface area contributed by atoms with E-state index < -0.39 is 0 Å². The summed E-state index contributed by atoms with van der Waals surface area (Å²) in [5, 5.41) is 8.16. The molecule has 5 nitrogen and oxygen atoms in total. The first-order chi connectivity index (χ1) is 6.74. The van der Waals surface area contributed by atoms with Crippen molar-refractivity contribution in [2.45, 2.75) is 0 Å². The maximum Gasteiger partial charge on any atom is 0.169 e. The minimum Gasteiger partial charge on any atom is -0.381 e. The molecule has 0 fully saturated rings. The minimum atomic E-state index is 0.305. The Morgan fingerprint density at radius 1 is 1.29 bits per heavy atom. The van der Waals surface area contributed by atoms with E-state index in [2.05, 4.69) is 10.2 Å². The summed E-state index contributed by atoms with van der Waals surface area (Å²) in [4.78, 5) is 6.25. The molecule has 1 aromatic carbocycles. The highest BCUT2D eigenvalue weighted by molar-refractivity contribution is 6.30. The maximum absolute atomic E-state index is 5.71. The van der Waals surface area contributed by atoms with Crippen molar-refractivity contribution in [1.82, 2.24) is 15.2 Å². The number of hydrogen-bond acceptors (Lipinski definition) is 4. The molecule has 0 saturated carbocycles. The molecule has 0 bridgehead atoms. The van der Waals surface area contributed by atoms with Gasteiger partial charge in [0, 0.05) is 9.98 Å². The summed E-state index contributed by atoms with van der Waals surface area (Å²) in [5.74, 6) is 0.893. The molecule has 0 aliphatic rings. The second kappa shape index (κ2) is 3.55. The van der Waals surface area contributed by atoms with Gasteiger partial charge in [-0.15, -0.1) is 5.10 Å². The number of aromatic nitrogens is 3. The van der Waals surface area contributed by atoms with Crippen molar-refractivity contribution in [1.29, 1.82) is 0 Å². The molecule has 0 spiro atoms. The number of nitrogen functional groups attached to an aromatic ring is 1. The number of rotatable bonds is 2. The zero-order valence-corrected chi connectivity index (χ0v) is 7.85. The first-order valence-electron chi connectivity index (χ1n) is 3.86. The highest BCUT2D eigenvalue weighted by Gasteiger charge is 1.98. The van der Waals surface area contributed by atoms with Crippen molar-refractivity contribution in [2.75, 3.05) is 5.73 Å². The third kappa shape index (κ3) is 1.94. The number of nitrogens with two attached hydrogens (primary N) is 1. The topological polar surface area (TPSA) is 66.0 Å². The van der Waals surface area contributed by atoms with Crippen LogP contribution in [0, 0.1) is 0 Å². The van der Waals surface area contributed by atoms with E-state index in [0.717, 1.165) is 4.96 Å². The molecule has 0 saturated heterocycles.